The number of amides is 1. The molecule has 1 rings (SSSR count). The van der Waals surface area contributed by atoms with E-state index in [1.54, 1.807) is 24.3 Å². The molecule has 0 aliphatic carbocycles. The molecule has 0 heterocycles. The largest absolute Gasteiger partial charge is 0.484 e. The second-order valence-electron chi connectivity index (χ2n) is 3.25. The van der Waals surface area contributed by atoms with Gasteiger partial charge >= 0.3 is 0 Å². The Morgan fingerprint density at radius 3 is 2.53 bits per heavy atom. The van der Waals surface area contributed by atoms with Gasteiger partial charge in [0.05, 0.1) is 6.10 Å². The third-order valence-electron chi connectivity index (χ3n) is 2.03. The summed E-state index contributed by atoms with van der Waals surface area (Å²) >= 11 is 0. The number of carbonyl (C=O) groups is 1. The fraction of sp³-hybridized carbons (Fsp3) is 0.364. The quantitative estimate of drug-likeness (QED) is 0.759. The SMILES string of the molecule is CCC(O)c1ccc(OCC(N)=O)cc1. The third kappa shape index (κ3) is 3.59. The highest BCUT2D eigenvalue weighted by atomic mass is 16.5. The van der Waals surface area contributed by atoms with Crippen molar-refractivity contribution in [3.05, 3.63) is 29.8 Å². The molecule has 4 heteroatoms. The lowest BCUT2D eigenvalue weighted by molar-refractivity contribution is -0.119. The molecule has 1 aromatic carbocycles. The fourth-order valence-electron chi connectivity index (χ4n) is 1.18. The Bertz CT molecular complexity index is 321. The number of hydrogen-bond acceptors (Lipinski definition) is 3. The molecule has 0 aromatic heterocycles. The van der Waals surface area contributed by atoms with Crippen LogP contribution >= 0.6 is 0 Å². The van der Waals surface area contributed by atoms with Gasteiger partial charge in [0, 0.05) is 0 Å². The highest BCUT2D eigenvalue weighted by Crippen LogP contribution is 2.19. The number of nitrogens with two attached hydrogens (primary N) is 1. The van der Waals surface area contributed by atoms with Gasteiger partial charge in [0.25, 0.3) is 5.91 Å². The first kappa shape index (κ1) is 11.5. The summed E-state index contributed by atoms with van der Waals surface area (Å²) in [5.74, 6) is 0.0634. The first-order valence-electron chi connectivity index (χ1n) is 4.82. The molecule has 0 saturated heterocycles. The fourth-order valence-corrected chi connectivity index (χ4v) is 1.18. The van der Waals surface area contributed by atoms with Crippen molar-refractivity contribution in [1.82, 2.24) is 0 Å². The molecule has 0 bridgehead atoms. The zero-order valence-corrected chi connectivity index (χ0v) is 8.64. The van der Waals surface area contributed by atoms with Gasteiger partial charge in [0.15, 0.2) is 6.61 Å². The molecule has 4 nitrogen and oxygen atoms in total. The van der Waals surface area contributed by atoms with Crippen LogP contribution in [0, 0.1) is 0 Å². The van der Waals surface area contributed by atoms with E-state index in [0.29, 0.717) is 12.2 Å². The average Bonchev–Trinajstić information content (AvgIpc) is 2.26. The molecule has 0 aliphatic rings. The monoisotopic (exact) mass is 209 g/mol. The van der Waals surface area contributed by atoms with Crippen LogP contribution in [0.4, 0.5) is 0 Å². The lowest BCUT2D eigenvalue weighted by atomic mass is 10.1. The second kappa shape index (κ2) is 5.36. The summed E-state index contributed by atoms with van der Waals surface area (Å²) < 4.78 is 5.08. The smallest absolute Gasteiger partial charge is 0.255 e. The van der Waals surface area contributed by atoms with E-state index < -0.39 is 12.0 Å². The summed E-state index contributed by atoms with van der Waals surface area (Å²) in [6.45, 7) is 1.78. The van der Waals surface area contributed by atoms with E-state index in [2.05, 4.69) is 0 Å². The van der Waals surface area contributed by atoms with Gasteiger partial charge in [-0.05, 0) is 24.1 Å². The van der Waals surface area contributed by atoms with Crippen LogP contribution in [-0.2, 0) is 4.79 Å². The molecule has 1 atom stereocenters. The molecule has 0 radical (unpaired) electrons. The Labute approximate surface area is 88.7 Å². The number of benzene rings is 1. The first-order chi connectivity index (χ1) is 7.13. The summed E-state index contributed by atoms with van der Waals surface area (Å²) in [5.41, 5.74) is 5.77. The van der Waals surface area contributed by atoms with Gasteiger partial charge in [-0.1, -0.05) is 19.1 Å². The number of ether oxygens (including phenoxy) is 1. The van der Waals surface area contributed by atoms with E-state index in [9.17, 15) is 9.90 Å². The van der Waals surface area contributed by atoms with Crippen molar-refractivity contribution in [2.75, 3.05) is 6.61 Å². The van der Waals surface area contributed by atoms with Gasteiger partial charge in [-0.25, -0.2) is 0 Å². The maximum atomic E-state index is 10.5. The van der Waals surface area contributed by atoms with Crippen LogP contribution in [0.1, 0.15) is 25.0 Å². The lowest BCUT2D eigenvalue weighted by Crippen LogP contribution is -2.19. The molecule has 15 heavy (non-hydrogen) atoms. The number of rotatable bonds is 5. The standard InChI is InChI=1S/C11H15NO3/c1-2-10(13)8-3-5-9(6-4-8)15-7-11(12)14/h3-6,10,13H,2,7H2,1H3,(H2,12,14). The van der Waals surface area contributed by atoms with E-state index in [-0.39, 0.29) is 6.61 Å². The topological polar surface area (TPSA) is 72.6 Å². The van der Waals surface area contributed by atoms with Crippen LogP contribution in [0.25, 0.3) is 0 Å². The minimum atomic E-state index is -0.507. The summed E-state index contributed by atoms with van der Waals surface area (Å²) in [7, 11) is 0. The van der Waals surface area contributed by atoms with E-state index in [0.717, 1.165) is 5.56 Å². The van der Waals surface area contributed by atoms with Gasteiger partial charge in [-0.3, -0.25) is 4.79 Å². The van der Waals surface area contributed by atoms with Crippen molar-refractivity contribution in [2.45, 2.75) is 19.4 Å². The predicted octanol–water partition coefficient (Wildman–Crippen LogP) is 0.994. The average molecular weight is 209 g/mol. The molecule has 0 saturated carbocycles. The van der Waals surface area contributed by atoms with Gasteiger partial charge < -0.3 is 15.6 Å². The van der Waals surface area contributed by atoms with Gasteiger partial charge in [-0.15, -0.1) is 0 Å². The summed E-state index contributed by atoms with van der Waals surface area (Å²) in [5, 5.41) is 9.52. The van der Waals surface area contributed by atoms with Crippen molar-refractivity contribution in [3.8, 4) is 5.75 Å². The first-order valence-corrected chi connectivity index (χ1v) is 4.82. The molecular weight excluding hydrogens is 194 g/mol. The maximum absolute atomic E-state index is 10.5. The van der Waals surface area contributed by atoms with Gasteiger partial charge in [0.2, 0.25) is 0 Å². The molecule has 0 spiro atoms. The number of aliphatic hydroxyl groups excluding tert-OH is 1. The van der Waals surface area contributed by atoms with Crippen LogP contribution < -0.4 is 10.5 Å². The molecule has 1 amide bonds. The van der Waals surface area contributed by atoms with E-state index in [1.165, 1.54) is 0 Å². The van der Waals surface area contributed by atoms with Crippen LogP contribution in [-0.4, -0.2) is 17.6 Å². The van der Waals surface area contributed by atoms with Crippen molar-refractivity contribution in [3.63, 3.8) is 0 Å². The predicted molar refractivity (Wildman–Crippen MR) is 56.4 cm³/mol. The minimum absolute atomic E-state index is 0.129. The maximum Gasteiger partial charge on any atom is 0.255 e. The van der Waals surface area contributed by atoms with E-state index in [4.69, 9.17) is 10.5 Å². The highest BCUT2D eigenvalue weighted by molar-refractivity contribution is 5.75. The normalized spacial score (nSPS) is 12.1. The number of aliphatic hydroxyl groups is 1. The van der Waals surface area contributed by atoms with Crippen molar-refractivity contribution < 1.29 is 14.6 Å². The van der Waals surface area contributed by atoms with Crippen LogP contribution in [0.3, 0.4) is 0 Å². The van der Waals surface area contributed by atoms with E-state index in [1.807, 2.05) is 6.92 Å². The molecule has 3 N–H and O–H groups in total. The van der Waals surface area contributed by atoms with E-state index >= 15 is 0 Å². The Hall–Kier alpha value is -1.55. The zero-order valence-electron chi connectivity index (χ0n) is 8.64. The Kier molecular flexibility index (Phi) is 4.12. The van der Waals surface area contributed by atoms with Crippen LogP contribution in [0.2, 0.25) is 0 Å². The van der Waals surface area contributed by atoms with Gasteiger partial charge in [0.1, 0.15) is 5.75 Å². The van der Waals surface area contributed by atoms with Crippen molar-refractivity contribution >= 4 is 5.91 Å². The zero-order chi connectivity index (χ0) is 11.3. The van der Waals surface area contributed by atoms with Crippen molar-refractivity contribution in [1.29, 1.82) is 0 Å². The Morgan fingerprint density at radius 1 is 1.47 bits per heavy atom. The number of carbonyl (C=O) groups excluding carboxylic acids is 1. The van der Waals surface area contributed by atoms with Crippen LogP contribution in [0.5, 0.6) is 5.75 Å². The molecule has 0 aliphatic heterocycles. The highest BCUT2D eigenvalue weighted by Gasteiger charge is 2.04. The summed E-state index contributed by atoms with van der Waals surface area (Å²) in [6.07, 6.45) is 0.219. The third-order valence-corrected chi connectivity index (χ3v) is 2.03. The number of hydrogen-bond donors (Lipinski definition) is 2. The lowest BCUT2D eigenvalue weighted by Gasteiger charge is -2.09. The van der Waals surface area contributed by atoms with Crippen LogP contribution in [0.15, 0.2) is 24.3 Å². The van der Waals surface area contributed by atoms with Gasteiger partial charge in [-0.2, -0.15) is 0 Å². The number of primary amides is 1. The Balaban J connectivity index is 2.60. The summed E-state index contributed by atoms with van der Waals surface area (Å²) in [6, 6.07) is 6.95. The molecule has 0 fully saturated rings. The second-order valence-corrected chi connectivity index (χ2v) is 3.25. The van der Waals surface area contributed by atoms with Crippen molar-refractivity contribution in [2.24, 2.45) is 5.73 Å². The minimum Gasteiger partial charge on any atom is -0.484 e. The summed E-state index contributed by atoms with van der Waals surface area (Å²) in [4.78, 5) is 10.5. The molecule has 1 unspecified atom stereocenters. The Morgan fingerprint density at radius 2 is 2.07 bits per heavy atom. The molecule has 1 aromatic rings. The molecular formula is C11H15NO3. The molecule has 82 valence electrons.